The molecule has 0 aliphatic carbocycles. The average Bonchev–Trinajstić information content (AvgIpc) is 2.66. The maximum absolute atomic E-state index is 4.48. The van der Waals surface area contributed by atoms with Gasteiger partial charge in [-0.2, -0.15) is 0 Å². The van der Waals surface area contributed by atoms with Crippen LogP contribution in [0.4, 0.5) is 0 Å². The van der Waals surface area contributed by atoms with Crippen LogP contribution in [0.25, 0.3) is 20.3 Å². The van der Waals surface area contributed by atoms with Gasteiger partial charge >= 0.3 is 0 Å². The summed E-state index contributed by atoms with van der Waals surface area (Å²) in [6.07, 6.45) is 1.87. The van der Waals surface area contributed by atoms with Crippen molar-refractivity contribution in [3.8, 4) is 0 Å². The number of thiophene rings is 1. The van der Waals surface area contributed by atoms with Crippen molar-refractivity contribution in [2.45, 2.75) is 19.8 Å². The normalized spacial score (nSPS) is 11.7. The highest BCUT2D eigenvalue weighted by atomic mass is 32.1. The Bertz CT molecular complexity index is 652. The maximum Gasteiger partial charge on any atom is 0.0888 e. The third-order valence-corrected chi connectivity index (χ3v) is 4.04. The van der Waals surface area contributed by atoms with Gasteiger partial charge in [0.15, 0.2) is 0 Å². The summed E-state index contributed by atoms with van der Waals surface area (Å²) in [5.41, 5.74) is 2.53. The number of pyridine rings is 1. The molecule has 2 aromatic heterocycles. The molecule has 0 atom stereocenters. The predicted octanol–water partition coefficient (Wildman–Crippen LogP) is 4.57. The summed E-state index contributed by atoms with van der Waals surface area (Å²) in [7, 11) is 0. The lowest BCUT2D eigenvalue weighted by Crippen LogP contribution is -1.85. The van der Waals surface area contributed by atoms with E-state index in [4.69, 9.17) is 0 Å². The lowest BCUT2D eigenvalue weighted by Gasteiger charge is -2.04. The van der Waals surface area contributed by atoms with Crippen LogP contribution < -0.4 is 0 Å². The van der Waals surface area contributed by atoms with E-state index in [1.165, 1.54) is 20.3 Å². The smallest absolute Gasteiger partial charge is 0.0888 e. The average molecular weight is 227 g/mol. The van der Waals surface area contributed by atoms with Gasteiger partial charge in [0.1, 0.15) is 0 Å². The molecular weight excluding hydrogens is 214 g/mol. The molecular formula is C14H13NS. The first-order valence-corrected chi connectivity index (χ1v) is 6.34. The van der Waals surface area contributed by atoms with Crippen LogP contribution >= 0.6 is 11.3 Å². The molecule has 0 unspecified atom stereocenters. The Hall–Kier alpha value is -1.41. The zero-order valence-corrected chi connectivity index (χ0v) is 10.2. The van der Waals surface area contributed by atoms with Gasteiger partial charge in [-0.25, -0.2) is 0 Å². The molecule has 16 heavy (non-hydrogen) atoms. The Kier molecular flexibility index (Phi) is 2.18. The predicted molar refractivity (Wildman–Crippen MR) is 71.2 cm³/mol. The Labute approximate surface area is 98.7 Å². The second-order valence-corrected chi connectivity index (χ2v) is 5.45. The highest BCUT2D eigenvalue weighted by Crippen LogP contribution is 2.33. The van der Waals surface area contributed by atoms with E-state index < -0.39 is 0 Å². The van der Waals surface area contributed by atoms with Crippen molar-refractivity contribution in [3.05, 3.63) is 42.1 Å². The number of benzene rings is 1. The van der Waals surface area contributed by atoms with E-state index in [1.54, 1.807) is 0 Å². The van der Waals surface area contributed by atoms with Crippen LogP contribution in [0.2, 0.25) is 0 Å². The zero-order valence-electron chi connectivity index (χ0n) is 9.40. The fraction of sp³-hybridized carbons (Fsp3) is 0.214. The second kappa shape index (κ2) is 3.56. The summed E-state index contributed by atoms with van der Waals surface area (Å²) in [5, 5.41) is 1.30. The van der Waals surface area contributed by atoms with Crippen LogP contribution in [0.1, 0.15) is 25.3 Å². The summed E-state index contributed by atoms with van der Waals surface area (Å²) in [6, 6.07) is 10.9. The minimum Gasteiger partial charge on any atom is -0.255 e. The second-order valence-electron chi connectivity index (χ2n) is 4.36. The van der Waals surface area contributed by atoms with E-state index >= 15 is 0 Å². The molecule has 0 aliphatic heterocycles. The van der Waals surface area contributed by atoms with Crippen molar-refractivity contribution >= 4 is 31.6 Å². The van der Waals surface area contributed by atoms with Crippen LogP contribution in [0.5, 0.6) is 0 Å². The molecule has 80 valence electrons. The van der Waals surface area contributed by atoms with Crippen molar-refractivity contribution in [1.82, 2.24) is 4.98 Å². The lowest BCUT2D eigenvalue weighted by molar-refractivity contribution is 0.869. The van der Waals surface area contributed by atoms with Gasteiger partial charge in [0.05, 0.1) is 10.2 Å². The van der Waals surface area contributed by atoms with E-state index in [-0.39, 0.29) is 0 Å². The van der Waals surface area contributed by atoms with Crippen molar-refractivity contribution in [1.29, 1.82) is 0 Å². The number of hydrogen-bond acceptors (Lipinski definition) is 2. The molecule has 0 saturated heterocycles. The van der Waals surface area contributed by atoms with Gasteiger partial charge < -0.3 is 0 Å². The minimum absolute atomic E-state index is 0.572. The molecule has 0 aliphatic rings. The number of fused-ring (bicyclic) bond motifs is 3. The highest BCUT2D eigenvalue weighted by molar-refractivity contribution is 7.25. The Morgan fingerprint density at radius 1 is 1.12 bits per heavy atom. The first-order chi connectivity index (χ1) is 7.75. The molecule has 1 nitrogen and oxygen atoms in total. The SMILES string of the molecule is CC(C)c1ccc2sc3cccnc3c2c1. The third-order valence-electron chi connectivity index (χ3n) is 2.92. The van der Waals surface area contributed by atoms with Gasteiger partial charge in [-0.15, -0.1) is 11.3 Å². The quantitative estimate of drug-likeness (QED) is 0.593. The minimum atomic E-state index is 0.572. The monoisotopic (exact) mass is 227 g/mol. The zero-order chi connectivity index (χ0) is 11.1. The third kappa shape index (κ3) is 1.41. The molecule has 0 spiro atoms. The Morgan fingerprint density at radius 2 is 2.00 bits per heavy atom. The number of rotatable bonds is 1. The van der Waals surface area contributed by atoms with Crippen molar-refractivity contribution < 1.29 is 0 Å². The fourth-order valence-electron chi connectivity index (χ4n) is 1.97. The van der Waals surface area contributed by atoms with Crippen LogP contribution in [-0.4, -0.2) is 4.98 Å². The van der Waals surface area contributed by atoms with Crippen LogP contribution in [0.15, 0.2) is 36.5 Å². The van der Waals surface area contributed by atoms with Gasteiger partial charge in [-0.3, -0.25) is 4.98 Å². The first kappa shape index (κ1) is 9.79. The Morgan fingerprint density at radius 3 is 2.81 bits per heavy atom. The summed E-state index contributed by atoms with van der Waals surface area (Å²) in [4.78, 5) is 4.48. The molecule has 0 amide bonds. The summed E-state index contributed by atoms with van der Waals surface area (Å²) in [5.74, 6) is 0.572. The number of aromatic nitrogens is 1. The molecule has 3 rings (SSSR count). The topological polar surface area (TPSA) is 12.9 Å². The van der Waals surface area contributed by atoms with Crippen LogP contribution in [0.3, 0.4) is 0 Å². The molecule has 2 heterocycles. The largest absolute Gasteiger partial charge is 0.255 e. The molecule has 3 aromatic rings. The fourth-order valence-corrected chi connectivity index (χ4v) is 3.02. The molecule has 0 saturated carbocycles. The molecule has 2 heteroatoms. The van der Waals surface area contributed by atoms with Crippen molar-refractivity contribution in [2.24, 2.45) is 0 Å². The van der Waals surface area contributed by atoms with Gasteiger partial charge in [0.25, 0.3) is 0 Å². The standard InChI is InChI=1S/C14H13NS/c1-9(2)10-5-6-12-11(8-10)14-13(16-12)4-3-7-15-14/h3-9H,1-2H3. The Balaban J connectivity index is 2.40. The maximum atomic E-state index is 4.48. The number of nitrogens with zero attached hydrogens (tertiary/aromatic N) is 1. The van der Waals surface area contributed by atoms with Crippen molar-refractivity contribution in [2.75, 3.05) is 0 Å². The van der Waals surface area contributed by atoms with E-state index in [0.29, 0.717) is 5.92 Å². The summed E-state index contributed by atoms with van der Waals surface area (Å²) >= 11 is 1.82. The first-order valence-electron chi connectivity index (χ1n) is 5.53. The van der Waals surface area contributed by atoms with Crippen LogP contribution in [-0.2, 0) is 0 Å². The van der Waals surface area contributed by atoms with E-state index in [1.807, 2.05) is 23.6 Å². The van der Waals surface area contributed by atoms with Crippen molar-refractivity contribution in [3.63, 3.8) is 0 Å². The van der Waals surface area contributed by atoms with Gasteiger partial charge in [0, 0.05) is 16.3 Å². The molecule has 1 aromatic carbocycles. The lowest BCUT2D eigenvalue weighted by atomic mass is 10.0. The van der Waals surface area contributed by atoms with E-state index in [0.717, 1.165) is 5.52 Å². The highest BCUT2D eigenvalue weighted by Gasteiger charge is 2.07. The molecule has 0 N–H and O–H groups in total. The van der Waals surface area contributed by atoms with Gasteiger partial charge in [0.2, 0.25) is 0 Å². The van der Waals surface area contributed by atoms with Gasteiger partial charge in [-0.1, -0.05) is 19.9 Å². The van der Waals surface area contributed by atoms with Gasteiger partial charge in [-0.05, 0) is 35.7 Å². The summed E-state index contributed by atoms with van der Waals surface area (Å²) < 4.78 is 2.61. The molecule has 0 radical (unpaired) electrons. The van der Waals surface area contributed by atoms with Crippen LogP contribution in [0, 0.1) is 0 Å². The molecule has 0 fully saturated rings. The van der Waals surface area contributed by atoms with E-state index in [9.17, 15) is 0 Å². The summed E-state index contributed by atoms with van der Waals surface area (Å²) in [6.45, 7) is 4.45. The molecule has 0 bridgehead atoms. The van der Waals surface area contributed by atoms with E-state index in [2.05, 4.69) is 43.1 Å². The number of hydrogen-bond donors (Lipinski definition) is 0.